The predicted octanol–water partition coefficient (Wildman–Crippen LogP) is 4.58. The molecule has 2 amide bonds. The normalized spacial score (nSPS) is 11.1. The number of methoxy groups -OCH3 is 1. The van der Waals surface area contributed by atoms with Gasteiger partial charge in [0.2, 0.25) is 5.88 Å². The Morgan fingerprint density at radius 2 is 1.71 bits per heavy atom. The third-order valence-corrected chi connectivity index (χ3v) is 8.11. The van der Waals surface area contributed by atoms with Crippen LogP contribution >= 0.6 is 27.3 Å². The van der Waals surface area contributed by atoms with Gasteiger partial charge in [0.25, 0.3) is 5.56 Å². The minimum atomic E-state index is -0.854. The smallest absolute Gasteiger partial charge is 0.343 e. The second kappa shape index (κ2) is 12.2. The minimum Gasteiger partial charge on any atom is -0.480 e. The first-order chi connectivity index (χ1) is 20.3. The van der Waals surface area contributed by atoms with Crippen molar-refractivity contribution in [2.75, 3.05) is 19.5 Å². The van der Waals surface area contributed by atoms with E-state index in [9.17, 15) is 23.2 Å². The predicted molar refractivity (Wildman–Crippen MR) is 157 cm³/mol. The maximum absolute atomic E-state index is 14.7. The number of rotatable bonds is 8. The molecule has 3 heterocycles. The van der Waals surface area contributed by atoms with Gasteiger partial charge in [-0.25, -0.2) is 28.4 Å². The summed E-state index contributed by atoms with van der Waals surface area (Å²) in [6.07, 6.45) is 0. The molecule has 42 heavy (non-hydrogen) atoms. The summed E-state index contributed by atoms with van der Waals surface area (Å²) >= 11 is 4.59. The summed E-state index contributed by atoms with van der Waals surface area (Å²) in [5, 5.41) is 10.8. The maximum Gasteiger partial charge on any atom is 0.343 e. The van der Waals surface area contributed by atoms with E-state index in [0.717, 1.165) is 32.6 Å². The number of fused-ring (bicyclic) bond motifs is 1. The Labute approximate surface area is 248 Å². The van der Waals surface area contributed by atoms with Gasteiger partial charge in [-0.2, -0.15) is 0 Å². The van der Waals surface area contributed by atoms with Crippen molar-refractivity contribution in [2.24, 2.45) is 0 Å². The van der Waals surface area contributed by atoms with Crippen LogP contribution in [0.3, 0.4) is 0 Å². The third kappa shape index (κ3) is 5.41. The fourth-order valence-electron chi connectivity index (χ4n) is 4.31. The highest BCUT2D eigenvalue weighted by Crippen LogP contribution is 2.39. The van der Waals surface area contributed by atoms with E-state index in [2.05, 4.69) is 41.8 Å². The summed E-state index contributed by atoms with van der Waals surface area (Å²) in [6, 6.07) is 12.4. The molecule has 5 aromatic rings. The molecule has 2 N–H and O–H groups in total. The zero-order valence-electron chi connectivity index (χ0n) is 22.0. The van der Waals surface area contributed by atoms with Gasteiger partial charge < -0.3 is 10.1 Å². The Kier molecular flexibility index (Phi) is 8.42. The van der Waals surface area contributed by atoms with Crippen molar-refractivity contribution in [3.05, 3.63) is 98.2 Å². The molecule has 0 spiro atoms. The molecule has 0 saturated heterocycles. The van der Waals surface area contributed by atoms with Crippen LogP contribution in [-0.4, -0.2) is 39.6 Å². The number of alkyl halides is 1. The zero-order chi connectivity index (χ0) is 30.0. The van der Waals surface area contributed by atoms with Crippen molar-refractivity contribution in [1.82, 2.24) is 24.8 Å². The average Bonchev–Trinajstić information content (AvgIpc) is 3.37. The number of halogens is 3. The number of carbonyl (C=O) groups is 1. The number of ether oxygens (including phenoxy) is 1. The fourth-order valence-corrected chi connectivity index (χ4v) is 6.36. The topological polar surface area (TPSA) is 129 Å². The molecule has 0 aliphatic rings. The van der Waals surface area contributed by atoms with Gasteiger partial charge in [-0.15, -0.1) is 21.5 Å². The Morgan fingerprint density at radius 1 is 1.00 bits per heavy atom. The van der Waals surface area contributed by atoms with Gasteiger partial charge in [-0.1, -0.05) is 34.1 Å². The van der Waals surface area contributed by atoms with Gasteiger partial charge in [-0.3, -0.25) is 14.2 Å². The van der Waals surface area contributed by atoms with E-state index in [1.807, 2.05) is 0 Å². The zero-order valence-corrected chi connectivity index (χ0v) is 24.4. The Balaban J connectivity index is 1.75. The first-order valence-corrected chi connectivity index (χ1v) is 14.1. The van der Waals surface area contributed by atoms with Crippen molar-refractivity contribution < 1.29 is 23.1 Å². The van der Waals surface area contributed by atoms with E-state index in [4.69, 9.17) is 4.74 Å². The number of urea groups is 1. The maximum atomic E-state index is 14.7. The Hall–Kier alpha value is -4.47. The van der Waals surface area contributed by atoms with E-state index in [1.54, 1.807) is 24.3 Å². The number of hydroxylamine groups is 1. The van der Waals surface area contributed by atoms with Crippen molar-refractivity contribution >= 4 is 49.2 Å². The largest absolute Gasteiger partial charge is 0.480 e. The number of hydrogen-bond acceptors (Lipinski definition) is 8. The van der Waals surface area contributed by atoms with Crippen molar-refractivity contribution in [3.8, 4) is 22.1 Å². The van der Waals surface area contributed by atoms with E-state index in [0.29, 0.717) is 21.7 Å². The van der Waals surface area contributed by atoms with Gasteiger partial charge in [0.05, 0.1) is 26.2 Å². The van der Waals surface area contributed by atoms with Crippen molar-refractivity contribution in [2.45, 2.75) is 11.9 Å². The van der Waals surface area contributed by atoms with Gasteiger partial charge in [0, 0.05) is 27.5 Å². The molecule has 0 bridgehead atoms. The van der Waals surface area contributed by atoms with Crippen LogP contribution in [0.1, 0.15) is 11.1 Å². The molecule has 2 aromatic carbocycles. The highest BCUT2D eigenvalue weighted by molar-refractivity contribution is 9.08. The summed E-state index contributed by atoms with van der Waals surface area (Å²) in [4.78, 5) is 45.0. The molecule has 0 saturated carbocycles. The number of nitrogens with one attached hydrogen (secondary N) is 2. The summed E-state index contributed by atoms with van der Waals surface area (Å²) in [7, 11) is 2.70. The molecule has 0 unspecified atom stereocenters. The van der Waals surface area contributed by atoms with Crippen molar-refractivity contribution in [1.29, 1.82) is 0 Å². The highest BCUT2D eigenvalue weighted by atomic mass is 79.9. The number of amides is 2. The molecular weight excluding hydrogens is 638 g/mol. The van der Waals surface area contributed by atoms with Crippen LogP contribution in [0.4, 0.5) is 19.3 Å². The van der Waals surface area contributed by atoms with Crippen LogP contribution in [0.15, 0.2) is 64.2 Å². The summed E-state index contributed by atoms with van der Waals surface area (Å²) in [6.45, 7) is -0.489. The second-order valence-corrected chi connectivity index (χ2v) is 10.3. The number of benzene rings is 2. The Bertz CT molecular complexity index is 1890. The quantitative estimate of drug-likeness (QED) is 0.184. The minimum absolute atomic E-state index is 0.0894. The lowest BCUT2D eigenvalue weighted by atomic mass is 10.1. The molecular formula is C27H21BrF2N6O5S. The van der Waals surface area contributed by atoms with E-state index >= 15 is 0 Å². The lowest BCUT2D eigenvalue weighted by Crippen LogP contribution is -2.39. The number of aromatic nitrogens is 4. The summed E-state index contributed by atoms with van der Waals surface area (Å²) in [5.41, 5.74) is 1.98. The van der Waals surface area contributed by atoms with Gasteiger partial charge in [0.1, 0.15) is 16.5 Å². The molecule has 0 radical (unpaired) electrons. The fraction of sp³-hybridized carbons (Fsp3) is 0.148. The SMILES string of the molecule is CONC(=O)Nc1ccc(-c2sc3c(c2CBr)c(=O)n(-c2ccc(OC)nn2)c(=O)n3Cc2c(F)cccc2F)cc1. The van der Waals surface area contributed by atoms with Gasteiger partial charge >= 0.3 is 11.7 Å². The molecule has 216 valence electrons. The standard InChI is InChI=1S/C27H21BrF2N6O5S/c1-40-21-11-10-20(32-33-21)36-24(37)22-16(12-28)23(14-6-8-15(9-7-14)31-26(38)34-41-2)42-25(22)35(27(36)39)13-17-18(29)4-3-5-19(17)30/h3-11H,12-13H2,1-2H3,(H2,31,34,38). The molecule has 15 heteroatoms. The molecule has 0 atom stereocenters. The van der Waals surface area contributed by atoms with Crippen LogP contribution in [0.2, 0.25) is 0 Å². The average molecular weight is 659 g/mol. The van der Waals surface area contributed by atoms with Crippen LogP contribution in [0, 0.1) is 11.6 Å². The van der Waals surface area contributed by atoms with Gasteiger partial charge in [-0.05, 0) is 41.5 Å². The van der Waals surface area contributed by atoms with E-state index in [-0.39, 0.29) is 32.8 Å². The van der Waals surface area contributed by atoms with Crippen LogP contribution in [0.25, 0.3) is 26.5 Å². The van der Waals surface area contributed by atoms with Crippen LogP contribution in [-0.2, 0) is 16.7 Å². The molecule has 11 nitrogen and oxygen atoms in total. The second-order valence-electron chi connectivity index (χ2n) is 8.70. The molecule has 0 aliphatic heterocycles. The Morgan fingerprint density at radius 3 is 2.31 bits per heavy atom. The van der Waals surface area contributed by atoms with E-state index < -0.39 is 35.5 Å². The lowest BCUT2D eigenvalue weighted by molar-refractivity contribution is 0.114. The number of carbonyl (C=O) groups excluding carboxylic acids is 1. The van der Waals surface area contributed by atoms with Crippen LogP contribution < -0.4 is 26.8 Å². The first-order valence-electron chi connectivity index (χ1n) is 12.2. The molecule has 3 aromatic heterocycles. The number of nitrogens with zero attached hydrogens (tertiary/aromatic N) is 4. The molecule has 0 fully saturated rings. The first kappa shape index (κ1) is 29.0. The lowest BCUT2D eigenvalue weighted by Gasteiger charge is -2.13. The van der Waals surface area contributed by atoms with Crippen molar-refractivity contribution in [3.63, 3.8) is 0 Å². The molecule has 0 aliphatic carbocycles. The van der Waals surface area contributed by atoms with Gasteiger partial charge in [0.15, 0.2) is 5.82 Å². The van der Waals surface area contributed by atoms with Crippen LogP contribution in [0.5, 0.6) is 5.88 Å². The monoisotopic (exact) mass is 658 g/mol. The van der Waals surface area contributed by atoms with E-state index in [1.165, 1.54) is 32.4 Å². The third-order valence-electron chi connectivity index (χ3n) is 6.25. The highest BCUT2D eigenvalue weighted by Gasteiger charge is 2.25. The number of thiophene rings is 1. The number of hydrogen-bond donors (Lipinski definition) is 2. The number of anilines is 1. The summed E-state index contributed by atoms with van der Waals surface area (Å²) < 4.78 is 36.5. The summed E-state index contributed by atoms with van der Waals surface area (Å²) in [5.74, 6) is -1.60. The molecule has 5 rings (SSSR count).